The Balaban J connectivity index is 2.61. The molecule has 0 spiro atoms. The first-order valence-corrected chi connectivity index (χ1v) is 7.62. The van der Waals surface area contributed by atoms with Gasteiger partial charge in [0.2, 0.25) is 0 Å². The maximum absolute atomic E-state index is 11.9. The van der Waals surface area contributed by atoms with Crippen molar-refractivity contribution in [3.8, 4) is 0 Å². The quantitative estimate of drug-likeness (QED) is 0.760. The lowest BCUT2D eigenvalue weighted by atomic mass is 9.82. The van der Waals surface area contributed by atoms with Crippen LogP contribution in [-0.2, 0) is 4.74 Å². The second kappa shape index (κ2) is 7.67. The molecule has 20 heavy (non-hydrogen) atoms. The van der Waals surface area contributed by atoms with Gasteiger partial charge in [0, 0.05) is 6.04 Å². The minimum atomic E-state index is -0.586. The molecule has 1 rings (SSSR count). The van der Waals surface area contributed by atoms with Gasteiger partial charge >= 0.3 is 6.09 Å². The second-order valence-corrected chi connectivity index (χ2v) is 6.69. The van der Waals surface area contributed by atoms with Gasteiger partial charge in [0.05, 0.1) is 6.10 Å². The van der Waals surface area contributed by atoms with Crippen molar-refractivity contribution in [1.82, 2.24) is 5.32 Å². The first-order chi connectivity index (χ1) is 9.31. The van der Waals surface area contributed by atoms with E-state index in [4.69, 9.17) is 4.74 Å². The summed E-state index contributed by atoms with van der Waals surface area (Å²) in [5.41, 5.74) is -0.502. The summed E-state index contributed by atoms with van der Waals surface area (Å²) in [6.07, 6.45) is 6.90. The number of amides is 1. The third-order valence-electron chi connectivity index (χ3n) is 3.69. The Bertz CT molecular complexity index is 316. The number of alkyl carbamates (subject to hydrolysis) is 1. The molecule has 0 aromatic rings. The predicted octanol–water partition coefficient (Wildman–Crippen LogP) is 3.40. The summed E-state index contributed by atoms with van der Waals surface area (Å²) in [5.74, 6) is 0.422. The third-order valence-corrected chi connectivity index (χ3v) is 3.69. The Hall–Kier alpha value is -1.03. The van der Waals surface area contributed by atoms with Crippen molar-refractivity contribution in [2.24, 2.45) is 5.92 Å². The molecule has 0 aromatic carbocycles. The molecule has 0 aromatic heterocycles. The molecule has 0 heterocycles. The minimum Gasteiger partial charge on any atom is -0.444 e. The van der Waals surface area contributed by atoms with Crippen LogP contribution >= 0.6 is 0 Å². The zero-order valence-corrected chi connectivity index (χ0v) is 13.0. The monoisotopic (exact) mass is 283 g/mol. The zero-order valence-electron chi connectivity index (χ0n) is 13.0. The normalized spacial score (nSPS) is 20.0. The standard InChI is InChI=1S/C16H29NO3/c1-5-13(18)11-14(12-9-7-6-8-10-12)17-15(19)20-16(2,3)4/h5,12-14,18H,1,6-11H2,2-4H3,(H,17,19). The smallest absolute Gasteiger partial charge is 0.407 e. The highest BCUT2D eigenvalue weighted by Crippen LogP contribution is 2.28. The van der Waals surface area contributed by atoms with Crippen molar-refractivity contribution >= 4 is 6.09 Å². The van der Waals surface area contributed by atoms with Crippen LogP contribution in [0.5, 0.6) is 0 Å². The van der Waals surface area contributed by atoms with Gasteiger partial charge in [-0.2, -0.15) is 0 Å². The van der Waals surface area contributed by atoms with Crippen LogP contribution in [0.4, 0.5) is 4.79 Å². The first kappa shape index (κ1) is 17.0. The van der Waals surface area contributed by atoms with Crippen LogP contribution in [0.1, 0.15) is 59.3 Å². The molecule has 0 radical (unpaired) electrons. The summed E-state index contributed by atoms with van der Waals surface area (Å²) in [5, 5.41) is 12.7. The fourth-order valence-electron chi connectivity index (χ4n) is 2.72. The van der Waals surface area contributed by atoms with Crippen LogP contribution in [0.2, 0.25) is 0 Å². The summed E-state index contributed by atoms with van der Waals surface area (Å²) in [6, 6.07) is -0.0434. The van der Waals surface area contributed by atoms with Crippen LogP contribution in [0.25, 0.3) is 0 Å². The average molecular weight is 283 g/mol. The van der Waals surface area contributed by atoms with Gasteiger partial charge in [-0.25, -0.2) is 4.79 Å². The maximum atomic E-state index is 11.9. The lowest BCUT2D eigenvalue weighted by molar-refractivity contribution is 0.0454. The van der Waals surface area contributed by atoms with E-state index in [2.05, 4.69) is 11.9 Å². The number of aliphatic hydroxyl groups excluding tert-OH is 1. The van der Waals surface area contributed by atoms with Crippen molar-refractivity contribution < 1.29 is 14.6 Å². The van der Waals surface area contributed by atoms with Gasteiger partial charge in [0.25, 0.3) is 0 Å². The molecule has 1 aliphatic carbocycles. The van der Waals surface area contributed by atoms with Crippen molar-refractivity contribution in [1.29, 1.82) is 0 Å². The fraction of sp³-hybridized carbons (Fsp3) is 0.812. The molecule has 4 heteroatoms. The van der Waals surface area contributed by atoms with E-state index in [9.17, 15) is 9.90 Å². The van der Waals surface area contributed by atoms with E-state index in [0.717, 1.165) is 12.8 Å². The highest BCUT2D eigenvalue weighted by molar-refractivity contribution is 5.68. The molecule has 2 N–H and O–H groups in total. The molecule has 4 nitrogen and oxygen atoms in total. The predicted molar refractivity (Wildman–Crippen MR) is 80.6 cm³/mol. The summed E-state index contributed by atoms with van der Waals surface area (Å²) < 4.78 is 5.32. The van der Waals surface area contributed by atoms with Crippen LogP contribution in [0, 0.1) is 5.92 Å². The van der Waals surface area contributed by atoms with Gasteiger partial charge in [-0.1, -0.05) is 25.3 Å². The lowest BCUT2D eigenvalue weighted by Crippen LogP contribution is -2.45. The number of hydrogen-bond acceptors (Lipinski definition) is 3. The van der Waals surface area contributed by atoms with Gasteiger partial charge in [0.1, 0.15) is 5.60 Å². The number of nitrogens with one attached hydrogen (secondary N) is 1. The van der Waals surface area contributed by atoms with Crippen molar-refractivity contribution in [2.75, 3.05) is 0 Å². The number of ether oxygens (including phenoxy) is 1. The van der Waals surface area contributed by atoms with Crippen molar-refractivity contribution in [2.45, 2.75) is 77.0 Å². The Morgan fingerprint density at radius 2 is 2.00 bits per heavy atom. The topological polar surface area (TPSA) is 58.6 Å². The van der Waals surface area contributed by atoms with Crippen molar-refractivity contribution in [3.63, 3.8) is 0 Å². The molecule has 0 bridgehead atoms. The van der Waals surface area contributed by atoms with Gasteiger partial charge < -0.3 is 15.2 Å². The summed E-state index contributed by atoms with van der Waals surface area (Å²) in [7, 11) is 0. The molecular weight excluding hydrogens is 254 g/mol. The third kappa shape index (κ3) is 6.42. The summed E-state index contributed by atoms with van der Waals surface area (Å²) in [6.45, 7) is 9.15. The van der Waals surface area contributed by atoms with E-state index in [1.54, 1.807) is 0 Å². The van der Waals surface area contributed by atoms with E-state index in [1.807, 2.05) is 20.8 Å². The molecule has 1 amide bonds. The van der Waals surface area contributed by atoms with Crippen molar-refractivity contribution in [3.05, 3.63) is 12.7 Å². The number of carbonyl (C=O) groups excluding carboxylic acids is 1. The van der Waals surface area contributed by atoms with E-state index < -0.39 is 17.8 Å². The molecule has 1 aliphatic rings. The van der Waals surface area contributed by atoms with E-state index in [-0.39, 0.29) is 6.04 Å². The van der Waals surface area contributed by atoms with Crippen LogP contribution in [-0.4, -0.2) is 28.9 Å². The van der Waals surface area contributed by atoms with Gasteiger partial charge in [0.15, 0.2) is 0 Å². The largest absolute Gasteiger partial charge is 0.444 e. The second-order valence-electron chi connectivity index (χ2n) is 6.69. The molecule has 2 unspecified atom stereocenters. The molecule has 1 saturated carbocycles. The Labute approximate surface area is 122 Å². The van der Waals surface area contributed by atoms with E-state index in [1.165, 1.54) is 25.3 Å². The zero-order chi connectivity index (χ0) is 15.2. The highest BCUT2D eigenvalue weighted by atomic mass is 16.6. The Morgan fingerprint density at radius 3 is 2.50 bits per heavy atom. The van der Waals surface area contributed by atoms with Gasteiger partial charge in [-0.3, -0.25) is 0 Å². The van der Waals surface area contributed by atoms with Crippen LogP contribution in [0.15, 0.2) is 12.7 Å². The van der Waals surface area contributed by atoms with Gasteiger partial charge in [-0.05, 0) is 46.0 Å². The maximum Gasteiger partial charge on any atom is 0.407 e. The Morgan fingerprint density at radius 1 is 1.40 bits per heavy atom. The molecule has 0 aliphatic heterocycles. The average Bonchev–Trinajstić information content (AvgIpc) is 2.36. The molecule has 2 atom stereocenters. The fourth-order valence-corrected chi connectivity index (χ4v) is 2.72. The molecule has 1 fully saturated rings. The summed E-state index contributed by atoms with van der Waals surface area (Å²) >= 11 is 0. The number of hydrogen-bond donors (Lipinski definition) is 2. The number of aliphatic hydroxyl groups is 1. The Kier molecular flexibility index (Phi) is 6.53. The van der Waals surface area contributed by atoms with E-state index in [0.29, 0.717) is 12.3 Å². The SMILES string of the molecule is C=CC(O)CC(NC(=O)OC(C)(C)C)C1CCCCC1. The first-order valence-electron chi connectivity index (χ1n) is 7.62. The molecule has 116 valence electrons. The van der Waals surface area contributed by atoms with Crippen LogP contribution < -0.4 is 5.32 Å². The number of carbonyl (C=O) groups is 1. The van der Waals surface area contributed by atoms with E-state index >= 15 is 0 Å². The van der Waals surface area contributed by atoms with Gasteiger partial charge in [-0.15, -0.1) is 6.58 Å². The lowest BCUT2D eigenvalue weighted by Gasteiger charge is -2.32. The molecular formula is C16H29NO3. The minimum absolute atomic E-state index is 0.0434. The van der Waals surface area contributed by atoms with Crippen LogP contribution in [0.3, 0.4) is 0 Å². The molecule has 0 saturated heterocycles. The summed E-state index contributed by atoms with van der Waals surface area (Å²) in [4.78, 5) is 11.9. The highest BCUT2D eigenvalue weighted by Gasteiger charge is 2.28. The number of rotatable bonds is 5.